The maximum atomic E-state index is 11.9. The maximum Gasteiger partial charge on any atom is 0.227 e. The fourth-order valence-corrected chi connectivity index (χ4v) is 2.26. The van der Waals surface area contributed by atoms with E-state index in [1.54, 1.807) is 0 Å². The highest BCUT2D eigenvalue weighted by atomic mass is 16.1. The first-order valence-electron chi connectivity index (χ1n) is 5.82. The molecule has 1 unspecified atom stereocenters. The van der Waals surface area contributed by atoms with Crippen LogP contribution < -0.4 is 11.1 Å². The van der Waals surface area contributed by atoms with Gasteiger partial charge in [0, 0.05) is 11.6 Å². The van der Waals surface area contributed by atoms with Crippen molar-refractivity contribution in [1.82, 2.24) is 0 Å². The Bertz CT molecular complexity index is 401. The molecular formula is C13H18N2O. The number of nitrogens with two attached hydrogens (primary N) is 1. The molecule has 3 N–H and O–H groups in total. The number of carbonyl (C=O) groups excluding carboxylic acids is 1. The van der Waals surface area contributed by atoms with E-state index in [4.69, 9.17) is 5.73 Å². The first-order chi connectivity index (χ1) is 7.72. The van der Waals surface area contributed by atoms with Crippen LogP contribution in [0.5, 0.6) is 0 Å². The lowest BCUT2D eigenvalue weighted by atomic mass is 9.88. The molecule has 0 saturated carbocycles. The van der Waals surface area contributed by atoms with Crippen molar-refractivity contribution in [3.05, 3.63) is 29.3 Å². The number of anilines is 1. The number of nitrogens with one attached hydrogen (secondary N) is 1. The molecule has 0 aromatic heterocycles. The molecule has 0 saturated heterocycles. The van der Waals surface area contributed by atoms with Crippen molar-refractivity contribution in [1.29, 1.82) is 0 Å². The zero-order valence-corrected chi connectivity index (χ0v) is 9.62. The predicted molar refractivity (Wildman–Crippen MR) is 65.3 cm³/mol. The van der Waals surface area contributed by atoms with E-state index < -0.39 is 0 Å². The van der Waals surface area contributed by atoms with Gasteiger partial charge in [0.2, 0.25) is 5.91 Å². The highest BCUT2D eigenvalue weighted by molar-refractivity contribution is 5.96. The summed E-state index contributed by atoms with van der Waals surface area (Å²) < 4.78 is 0. The summed E-state index contributed by atoms with van der Waals surface area (Å²) in [5, 5.41) is 3.01. The van der Waals surface area contributed by atoms with Gasteiger partial charge in [-0.3, -0.25) is 4.79 Å². The molecule has 0 spiro atoms. The summed E-state index contributed by atoms with van der Waals surface area (Å²) in [6, 6.07) is 6.17. The second-order valence-corrected chi connectivity index (χ2v) is 4.43. The molecule has 1 aromatic carbocycles. The SMILES string of the molecule is Cc1cccc2c1NC(=O)C(CCCN)C2. The quantitative estimate of drug-likeness (QED) is 0.813. The molecule has 1 heterocycles. The van der Waals surface area contributed by atoms with Crippen molar-refractivity contribution in [3.63, 3.8) is 0 Å². The largest absolute Gasteiger partial charge is 0.330 e. The first kappa shape index (κ1) is 11.1. The van der Waals surface area contributed by atoms with E-state index in [1.807, 2.05) is 19.1 Å². The second-order valence-electron chi connectivity index (χ2n) is 4.43. The van der Waals surface area contributed by atoms with E-state index >= 15 is 0 Å². The van der Waals surface area contributed by atoms with Crippen LogP contribution in [-0.4, -0.2) is 12.5 Å². The van der Waals surface area contributed by atoms with Crippen LogP contribution >= 0.6 is 0 Å². The van der Waals surface area contributed by atoms with E-state index in [0.29, 0.717) is 6.54 Å². The Morgan fingerprint density at radius 1 is 1.50 bits per heavy atom. The Balaban J connectivity index is 2.19. The minimum absolute atomic E-state index is 0.0952. The standard InChI is InChI=1S/C13H18N2O/c1-9-4-2-5-10-8-11(6-3-7-14)13(16)15-12(9)10/h2,4-5,11H,3,6-8,14H2,1H3,(H,15,16). The lowest BCUT2D eigenvalue weighted by molar-refractivity contribution is -0.120. The predicted octanol–water partition coefficient (Wildman–Crippen LogP) is 1.84. The van der Waals surface area contributed by atoms with Crippen LogP contribution in [0.3, 0.4) is 0 Å². The van der Waals surface area contributed by atoms with Crippen molar-refractivity contribution >= 4 is 11.6 Å². The van der Waals surface area contributed by atoms with Crippen LogP contribution in [0.15, 0.2) is 18.2 Å². The summed E-state index contributed by atoms with van der Waals surface area (Å²) in [7, 11) is 0. The smallest absolute Gasteiger partial charge is 0.227 e. The van der Waals surface area contributed by atoms with Gasteiger partial charge >= 0.3 is 0 Å². The normalized spacial score (nSPS) is 19.1. The minimum atomic E-state index is 0.0952. The van der Waals surface area contributed by atoms with E-state index in [-0.39, 0.29) is 11.8 Å². The van der Waals surface area contributed by atoms with Gasteiger partial charge in [-0.15, -0.1) is 0 Å². The lowest BCUT2D eigenvalue weighted by Gasteiger charge is -2.25. The fraction of sp³-hybridized carbons (Fsp3) is 0.462. The summed E-state index contributed by atoms with van der Waals surface area (Å²) in [5.41, 5.74) is 8.88. The molecule has 0 fully saturated rings. The fourth-order valence-electron chi connectivity index (χ4n) is 2.26. The highest BCUT2D eigenvalue weighted by Crippen LogP contribution is 2.30. The van der Waals surface area contributed by atoms with Crippen molar-refractivity contribution in [3.8, 4) is 0 Å². The maximum absolute atomic E-state index is 11.9. The average Bonchev–Trinajstić information content (AvgIpc) is 2.28. The van der Waals surface area contributed by atoms with Gasteiger partial charge in [-0.2, -0.15) is 0 Å². The number of benzene rings is 1. The zero-order chi connectivity index (χ0) is 11.5. The van der Waals surface area contributed by atoms with Gasteiger partial charge in [0.1, 0.15) is 0 Å². The Labute approximate surface area is 96.0 Å². The third-order valence-electron chi connectivity index (χ3n) is 3.20. The summed E-state index contributed by atoms with van der Waals surface area (Å²) in [5.74, 6) is 0.244. The Hall–Kier alpha value is -1.35. The van der Waals surface area contributed by atoms with Gasteiger partial charge in [-0.05, 0) is 43.9 Å². The number of hydrogen-bond acceptors (Lipinski definition) is 2. The van der Waals surface area contributed by atoms with Crippen molar-refractivity contribution in [2.24, 2.45) is 11.7 Å². The summed E-state index contributed by atoms with van der Waals surface area (Å²) >= 11 is 0. The van der Waals surface area contributed by atoms with Crippen LogP contribution in [0.1, 0.15) is 24.0 Å². The third-order valence-corrected chi connectivity index (χ3v) is 3.20. The molecule has 16 heavy (non-hydrogen) atoms. The Morgan fingerprint density at radius 2 is 2.31 bits per heavy atom. The van der Waals surface area contributed by atoms with Crippen LogP contribution in [0.4, 0.5) is 5.69 Å². The van der Waals surface area contributed by atoms with Gasteiger partial charge < -0.3 is 11.1 Å². The first-order valence-corrected chi connectivity index (χ1v) is 5.82. The summed E-state index contributed by atoms with van der Waals surface area (Å²) in [6.45, 7) is 2.68. The molecule has 86 valence electrons. The summed E-state index contributed by atoms with van der Waals surface area (Å²) in [4.78, 5) is 11.9. The molecule has 1 aromatic rings. The van der Waals surface area contributed by atoms with Gasteiger partial charge in [-0.25, -0.2) is 0 Å². The van der Waals surface area contributed by atoms with Gasteiger partial charge in [-0.1, -0.05) is 18.2 Å². The lowest BCUT2D eigenvalue weighted by Crippen LogP contribution is -2.30. The number of fused-ring (bicyclic) bond motifs is 1. The number of amides is 1. The third kappa shape index (κ3) is 2.09. The van der Waals surface area contributed by atoms with E-state index in [9.17, 15) is 4.79 Å². The van der Waals surface area contributed by atoms with Crippen molar-refractivity contribution < 1.29 is 4.79 Å². The van der Waals surface area contributed by atoms with E-state index in [1.165, 1.54) is 5.56 Å². The molecule has 2 rings (SSSR count). The molecule has 1 aliphatic heterocycles. The average molecular weight is 218 g/mol. The van der Waals surface area contributed by atoms with Crippen LogP contribution in [0, 0.1) is 12.8 Å². The highest BCUT2D eigenvalue weighted by Gasteiger charge is 2.25. The molecule has 0 aliphatic carbocycles. The van der Waals surface area contributed by atoms with E-state index in [0.717, 1.165) is 30.5 Å². The van der Waals surface area contributed by atoms with Gasteiger partial charge in [0.05, 0.1) is 0 Å². The monoisotopic (exact) mass is 218 g/mol. The zero-order valence-electron chi connectivity index (χ0n) is 9.62. The van der Waals surface area contributed by atoms with Crippen LogP contribution in [-0.2, 0) is 11.2 Å². The second kappa shape index (κ2) is 4.66. The number of rotatable bonds is 3. The number of carbonyl (C=O) groups is 1. The minimum Gasteiger partial charge on any atom is -0.330 e. The topological polar surface area (TPSA) is 55.1 Å². The molecule has 3 nitrogen and oxygen atoms in total. The van der Waals surface area contributed by atoms with Crippen LogP contribution in [0.25, 0.3) is 0 Å². The van der Waals surface area contributed by atoms with Crippen LogP contribution in [0.2, 0.25) is 0 Å². The number of para-hydroxylation sites is 1. The molecular weight excluding hydrogens is 200 g/mol. The molecule has 1 aliphatic rings. The van der Waals surface area contributed by atoms with E-state index in [2.05, 4.69) is 11.4 Å². The molecule has 1 atom stereocenters. The molecule has 0 radical (unpaired) electrons. The Morgan fingerprint density at radius 3 is 3.06 bits per heavy atom. The Kier molecular flexibility index (Phi) is 3.25. The number of hydrogen-bond donors (Lipinski definition) is 2. The molecule has 3 heteroatoms. The number of aryl methyl sites for hydroxylation is 1. The van der Waals surface area contributed by atoms with Crippen molar-refractivity contribution in [2.75, 3.05) is 11.9 Å². The van der Waals surface area contributed by atoms with Gasteiger partial charge in [0.15, 0.2) is 0 Å². The van der Waals surface area contributed by atoms with Crippen molar-refractivity contribution in [2.45, 2.75) is 26.2 Å². The molecule has 0 bridgehead atoms. The molecule has 1 amide bonds. The van der Waals surface area contributed by atoms with Gasteiger partial charge in [0.25, 0.3) is 0 Å². The summed E-state index contributed by atoms with van der Waals surface area (Å²) in [6.07, 6.45) is 2.65.